The fraction of sp³-hybridized carbons (Fsp3) is 0.846. The number of hydrogen-bond acceptors (Lipinski definition) is 3. The topological polar surface area (TPSA) is 72.9 Å². The number of likely N-dealkylation sites (N-methyl/N-ethyl adjacent to an activating group) is 1. The number of nitrogens with zero attached hydrogens (tertiary/aromatic N) is 2. The monoisotopic (exact) mass is 271 g/mol. The third-order valence-electron chi connectivity index (χ3n) is 3.71. The highest BCUT2D eigenvalue weighted by Crippen LogP contribution is 2.11. The van der Waals surface area contributed by atoms with Crippen molar-refractivity contribution in [1.29, 1.82) is 0 Å². The highest BCUT2D eigenvalue weighted by molar-refractivity contribution is 5.82. The van der Waals surface area contributed by atoms with Crippen molar-refractivity contribution in [2.45, 2.75) is 45.2 Å². The molecule has 6 nitrogen and oxygen atoms in total. The Kier molecular flexibility index (Phi) is 6.08. The molecule has 0 bridgehead atoms. The first-order valence-electron chi connectivity index (χ1n) is 6.98. The van der Waals surface area contributed by atoms with Gasteiger partial charge >= 0.3 is 12.0 Å². The van der Waals surface area contributed by atoms with Crippen LogP contribution in [0, 0.1) is 0 Å². The number of nitrogens with one attached hydrogen (secondary N) is 1. The van der Waals surface area contributed by atoms with Crippen LogP contribution >= 0.6 is 0 Å². The van der Waals surface area contributed by atoms with Crippen LogP contribution in [-0.2, 0) is 4.79 Å². The number of piperazine rings is 1. The second-order valence-corrected chi connectivity index (χ2v) is 5.12. The number of carboxylic acid groups (broad SMARTS) is 1. The molecule has 0 saturated carbocycles. The maximum absolute atomic E-state index is 12.1. The zero-order chi connectivity index (χ0) is 14.4. The van der Waals surface area contributed by atoms with Crippen LogP contribution in [0.1, 0.15) is 33.1 Å². The van der Waals surface area contributed by atoms with Crippen molar-refractivity contribution >= 4 is 12.0 Å². The molecule has 1 saturated heterocycles. The Hall–Kier alpha value is -1.30. The summed E-state index contributed by atoms with van der Waals surface area (Å²) in [6.45, 7) is 6.15. The van der Waals surface area contributed by atoms with E-state index >= 15 is 0 Å². The van der Waals surface area contributed by atoms with Crippen LogP contribution in [0.15, 0.2) is 0 Å². The number of hydrogen-bond donors (Lipinski definition) is 2. The van der Waals surface area contributed by atoms with Gasteiger partial charge in [0.1, 0.15) is 6.04 Å². The molecule has 0 radical (unpaired) electrons. The summed E-state index contributed by atoms with van der Waals surface area (Å²) in [4.78, 5) is 27.1. The normalized spacial score (nSPS) is 22.1. The molecule has 1 heterocycles. The molecular weight excluding hydrogens is 246 g/mol. The van der Waals surface area contributed by atoms with E-state index in [-0.39, 0.29) is 6.03 Å². The first kappa shape index (κ1) is 15.8. The van der Waals surface area contributed by atoms with Crippen molar-refractivity contribution in [3.63, 3.8) is 0 Å². The second kappa shape index (κ2) is 7.33. The van der Waals surface area contributed by atoms with Gasteiger partial charge in [0.05, 0.1) is 0 Å². The van der Waals surface area contributed by atoms with Gasteiger partial charge < -0.3 is 15.3 Å². The largest absolute Gasteiger partial charge is 0.480 e. The second-order valence-electron chi connectivity index (χ2n) is 5.12. The SMILES string of the molecule is CCC[C@@H](NC(=O)N1CCN(C)C(CC)C1)C(=O)O. The van der Waals surface area contributed by atoms with Crippen molar-refractivity contribution in [1.82, 2.24) is 15.1 Å². The predicted octanol–water partition coefficient (Wildman–Crippen LogP) is 0.975. The minimum Gasteiger partial charge on any atom is -0.480 e. The van der Waals surface area contributed by atoms with Crippen LogP contribution in [0.5, 0.6) is 0 Å². The highest BCUT2D eigenvalue weighted by Gasteiger charge is 2.28. The smallest absolute Gasteiger partial charge is 0.326 e. The molecule has 6 heteroatoms. The average molecular weight is 271 g/mol. The van der Waals surface area contributed by atoms with E-state index in [2.05, 4.69) is 24.2 Å². The standard InChI is InChI=1S/C13H25N3O3/c1-4-6-11(12(17)18)14-13(19)16-8-7-15(3)10(5-2)9-16/h10-11H,4-9H2,1-3H3,(H,14,19)(H,17,18)/t10?,11-/m1/s1. The van der Waals surface area contributed by atoms with Crippen molar-refractivity contribution in [2.75, 3.05) is 26.7 Å². The van der Waals surface area contributed by atoms with Gasteiger partial charge in [-0.1, -0.05) is 20.3 Å². The molecule has 0 aromatic heterocycles. The molecule has 2 amide bonds. The molecule has 1 aliphatic heterocycles. The zero-order valence-electron chi connectivity index (χ0n) is 12.1. The molecule has 110 valence electrons. The molecule has 19 heavy (non-hydrogen) atoms. The Bertz CT molecular complexity index is 322. The van der Waals surface area contributed by atoms with Gasteiger partial charge in [0.2, 0.25) is 0 Å². The van der Waals surface area contributed by atoms with Crippen molar-refractivity contribution < 1.29 is 14.7 Å². The van der Waals surface area contributed by atoms with Gasteiger partial charge in [0.25, 0.3) is 0 Å². The van der Waals surface area contributed by atoms with Gasteiger partial charge in [0.15, 0.2) is 0 Å². The van der Waals surface area contributed by atoms with Crippen molar-refractivity contribution in [3.05, 3.63) is 0 Å². The summed E-state index contributed by atoms with van der Waals surface area (Å²) >= 11 is 0. The van der Waals surface area contributed by atoms with Crippen LogP contribution in [0.3, 0.4) is 0 Å². The molecular formula is C13H25N3O3. The predicted molar refractivity (Wildman–Crippen MR) is 73.1 cm³/mol. The Morgan fingerprint density at radius 1 is 1.37 bits per heavy atom. The van der Waals surface area contributed by atoms with E-state index in [4.69, 9.17) is 5.11 Å². The van der Waals surface area contributed by atoms with Crippen LogP contribution < -0.4 is 5.32 Å². The van der Waals surface area contributed by atoms with E-state index in [9.17, 15) is 9.59 Å². The van der Waals surface area contributed by atoms with Gasteiger partial charge in [-0.2, -0.15) is 0 Å². The minimum absolute atomic E-state index is 0.257. The zero-order valence-corrected chi connectivity index (χ0v) is 12.1. The number of urea groups is 1. The summed E-state index contributed by atoms with van der Waals surface area (Å²) in [7, 11) is 2.06. The lowest BCUT2D eigenvalue weighted by Gasteiger charge is -2.39. The minimum atomic E-state index is -0.962. The van der Waals surface area contributed by atoms with Crippen LogP contribution in [-0.4, -0.2) is 65.7 Å². The Morgan fingerprint density at radius 3 is 2.58 bits per heavy atom. The molecule has 2 N–H and O–H groups in total. The van der Waals surface area contributed by atoms with E-state index < -0.39 is 12.0 Å². The van der Waals surface area contributed by atoms with E-state index in [1.54, 1.807) is 4.90 Å². The van der Waals surface area contributed by atoms with E-state index in [0.717, 1.165) is 19.4 Å². The average Bonchev–Trinajstić information content (AvgIpc) is 2.38. The maximum Gasteiger partial charge on any atom is 0.326 e. The molecule has 0 aromatic rings. The number of aliphatic carboxylic acids is 1. The lowest BCUT2D eigenvalue weighted by Crippen LogP contribution is -2.57. The van der Waals surface area contributed by atoms with E-state index in [1.165, 1.54) is 0 Å². The molecule has 1 fully saturated rings. The fourth-order valence-corrected chi connectivity index (χ4v) is 2.36. The summed E-state index contributed by atoms with van der Waals surface area (Å²) in [5, 5.41) is 11.7. The van der Waals surface area contributed by atoms with Crippen molar-refractivity contribution in [2.24, 2.45) is 0 Å². The number of carbonyl (C=O) groups is 2. The third-order valence-corrected chi connectivity index (χ3v) is 3.71. The molecule has 2 atom stereocenters. The fourth-order valence-electron chi connectivity index (χ4n) is 2.36. The van der Waals surface area contributed by atoms with Crippen LogP contribution in [0.25, 0.3) is 0 Å². The molecule has 1 unspecified atom stereocenters. The van der Waals surface area contributed by atoms with Crippen molar-refractivity contribution in [3.8, 4) is 0 Å². The first-order chi connectivity index (χ1) is 8.99. The molecule has 0 spiro atoms. The van der Waals surface area contributed by atoms with Gasteiger partial charge in [-0.05, 0) is 19.9 Å². The molecule has 1 rings (SSSR count). The summed E-state index contributed by atoms with van der Waals surface area (Å²) in [6.07, 6.45) is 2.18. The number of rotatable bonds is 5. The molecule has 1 aliphatic rings. The number of amides is 2. The van der Waals surface area contributed by atoms with Gasteiger partial charge in [-0.15, -0.1) is 0 Å². The highest BCUT2D eigenvalue weighted by atomic mass is 16.4. The number of carboxylic acids is 1. The molecule has 0 aliphatic carbocycles. The van der Waals surface area contributed by atoms with Crippen LogP contribution in [0.4, 0.5) is 4.79 Å². The van der Waals surface area contributed by atoms with Crippen LogP contribution in [0.2, 0.25) is 0 Å². The summed E-state index contributed by atoms with van der Waals surface area (Å²) < 4.78 is 0. The van der Waals surface area contributed by atoms with Gasteiger partial charge in [-0.3, -0.25) is 4.90 Å². The summed E-state index contributed by atoms with van der Waals surface area (Å²) in [5.41, 5.74) is 0. The maximum atomic E-state index is 12.1. The van der Waals surface area contributed by atoms with E-state index in [1.807, 2.05) is 6.92 Å². The Balaban J connectivity index is 2.55. The lowest BCUT2D eigenvalue weighted by atomic mass is 10.1. The van der Waals surface area contributed by atoms with Gasteiger partial charge in [-0.25, -0.2) is 9.59 Å². The first-order valence-corrected chi connectivity index (χ1v) is 6.98. The van der Waals surface area contributed by atoms with E-state index in [0.29, 0.717) is 25.6 Å². The quantitative estimate of drug-likeness (QED) is 0.781. The Morgan fingerprint density at radius 2 is 2.05 bits per heavy atom. The summed E-state index contributed by atoms with van der Waals surface area (Å²) in [6, 6.07) is -0.682. The molecule has 0 aromatic carbocycles. The summed E-state index contributed by atoms with van der Waals surface area (Å²) in [5.74, 6) is -0.962. The number of carbonyl (C=O) groups excluding carboxylic acids is 1. The van der Waals surface area contributed by atoms with Gasteiger partial charge in [0, 0.05) is 25.7 Å². The Labute approximate surface area is 114 Å². The third kappa shape index (κ3) is 4.38. The lowest BCUT2D eigenvalue weighted by molar-refractivity contribution is -0.139.